The van der Waals surface area contributed by atoms with E-state index in [-0.39, 0.29) is 6.42 Å². The van der Waals surface area contributed by atoms with Gasteiger partial charge in [0.2, 0.25) is 0 Å². The first-order chi connectivity index (χ1) is 6.18. The van der Waals surface area contributed by atoms with Crippen LogP contribution in [-0.4, -0.2) is 16.8 Å². The SMILES string of the molecule is Nc1cccc(SCCC(=O)O)c1. The predicted octanol–water partition coefficient (Wildman–Crippen LogP) is 1.84. The average Bonchev–Trinajstić information content (AvgIpc) is 2.03. The van der Waals surface area contributed by atoms with Gasteiger partial charge in [-0.25, -0.2) is 0 Å². The standard InChI is InChI=1S/C9H11NO2S/c10-7-2-1-3-8(6-7)13-5-4-9(11)12/h1-3,6H,4-5,10H2,(H,11,12). The number of aliphatic carboxylic acids is 1. The average molecular weight is 197 g/mol. The van der Waals surface area contributed by atoms with Gasteiger partial charge in [-0.15, -0.1) is 11.8 Å². The Kier molecular flexibility index (Phi) is 3.64. The highest BCUT2D eigenvalue weighted by Crippen LogP contribution is 2.20. The van der Waals surface area contributed by atoms with Crippen molar-refractivity contribution < 1.29 is 9.90 Å². The molecule has 0 saturated carbocycles. The van der Waals surface area contributed by atoms with E-state index in [0.717, 1.165) is 4.90 Å². The lowest BCUT2D eigenvalue weighted by atomic mass is 10.3. The predicted molar refractivity (Wildman–Crippen MR) is 53.8 cm³/mol. The zero-order valence-electron chi connectivity index (χ0n) is 7.06. The van der Waals surface area contributed by atoms with Gasteiger partial charge in [0.05, 0.1) is 6.42 Å². The van der Waals surface area contributed by atoms with E-state index in [1.807, 2.05) is 18.2 Å². The Morgan fingerprint density at radius 1 is 1.54 bits per heavy atom. The molecule has 3 N–H and O–H groups in total. The highest BCUT2D eigenvalue weighted by molar-refractivity contribution is 7.99. The van der Waals surface area contributed by atoms with Crippen molar-refractivity contribution in [3.05, 3.63) is 24.3 Å². The summed E-state index contributed by atoms with van der Waals surface area (Å²) in [4.78, 5) is 11.2. The van der Waals surface area contributed by atoms with Crippen LogP contribution in [-0.2, 0) is 4.79 Å². The monoisotopic (exact) mass is 197 g/mol. The number of thioether (sulfide) groups is 1. The Hall–Kier alpha value is -1.16. The first-order valence-electron chi connectivity index (χ1n) is 3.88. The minimum atomic E-state index is -0.767. The van der Waals surface area contributed by atoms with Gasteiger partial charge < -0.3 is 10.8 Å². The number of hydrogen-bond acceptors (Lipinski definition) is 3. The van der Waals surface area contributed by atoms with Crippen LogP contribution >= 0.6 is 11.8 Å². The normalized spacial score (nSPS) is 9.85. The third-order valence-electron chi connectivity index (χ3n) is 1.44. The van der Waals surface area contributed by atoms with Gasteiger partial charge in [0.25, 0.3) is 0 Å². The Bertz CT molecular complexity index is 301. The first kappa shape index (κ1) is 9.92. The smallest absolute Gasteiger partial charge is 0.304 e. The molecule has 0 fully saturated rings. The molecule has 70 valence electrons. The van der Waals surface area contributed by atoms with Crippen LogP contribution in [0.4, 0.5) is 5.69 Å². The fourth-order valence-corrected chi connectivity index (χ4v) is 1.77. The Morgan fingerprint density at radius 2 is 2.31 bits per heavy atom. The molecule has 13 heavy (non-hydrogen) atoms. The molecule has 0 aliphatic carbocycles. The molecule has 0 bridgehead atoms. The van der Waals surface area contributed by atoms with Gasteiger partial charge in [-0.2, -0.15) is 0 Å². The fourth-order valence-electron chi connectivity index (χ4n) is 0.861. The van der Waals surface area contributed by atoms with E-state index in [4.69, 9.17) is 10.8 Å². The summed E-state index contributed by atoms with van der Waals surface area (Å²) in [6.07, 6.45) is 0.180. The second-order valence-electron chi connectivity index (χ2n) is 2.56. The summed E-state index contributed by atoms with van der Waals surface area (Å²) in [5.74, 6) is -0.185. The summed E-state index contributed by atoms with van der Waals surface area (Å²) in [5, 5.41) is 8.41. The van der Waals surface area contributed by atoms with E-state index >= 15 is 0 Å². The molecule has 4 heteroatoms. The molecule has 0 saturated heterocycles. The van der Waals surface area contributed by atoms with Gasteiger partial charge >= 0.3 is 5.97 Å². The van der Waals surface area contributed by atoms with Crippen molar-refractivity contribution in [2.45, 2.75) is 11.3 Å². The summed E-state index contributed by atoms with van der Waals surface area (Å²) in [6.45, 7) is 0. The van der Waals surface area contributed by atoms with Crippen molar-refractivity contribution in [2.24, 2.45) is 0 Å². The Labute approximate surface area is 80.9 Å². The molecule has 0 spiro atoms. The lowest BCUT2D eigenvalue weighted by Crippen LogP contribution is -1.95. The fraction of sp³-hybridized carbons (Fsp3) is 0.222. The van der Waals surface area contributed by atoms with Crippen LogP contribution in [0.3, 0.4) is 0 Å². The minimum Gasteiger partial charge on any atom is -0.481 e. The first-order valence-corrected chi connectivity index (χ1v) is 4.87. The van der Waals surface area contributed by atoms with E-state index < -0.39 is 5.97 Å². The van der Waals surface area contributed by atoms with Crippen molar-refractivity contribution in [1.29, 1.82) is 0 Å². The molecule has 0 aliphatic heterocycles. The topological polar surface area (TPSA) is 63.3 Å². The van der Waals surface area contributed by atoms with Gasteiger partial charge in [-0.05, 0) is 18.2 Å². The van der Waals surface area contributed by atoms with Crippen molar-refractivity contribution >= 4 is 23.4 Å². The van der Waals surface area contributed by atoms with Gasteiger partial charge in [0, 0.05) is 16.3 Å². The zero-order chi connectivity index (χ0) is 9.68. The maximum Gasteiger partial charge on any atom is 0.304 e. The van der Waals surface area contributed by atoms with Crippen LogP contribution in [0.25, 0.3) is 0 Å². The summed E-state index contributed by atoms with van der Waals surface area (Å²) >= 11 is 1.50. The lowest BCUT2D eigenvalue weighted by Gasteiger charge is -2.00. The van der Waals surface area contributed by atoms with Crippen molar-refractivity contribution in [1.82, 2.24) is 0 Å². The molecule has 1 rings (SSSR count). The molecule has 1 aromatic rings. The lowest BCUT2D eigenvalue weighted by molar-refractivity contribution is -0.136. The molecule has 0 amide bonds. The number of carboxylic acid groups (broad SMARTS) is 1. The maximum atomic E-state index is 10.2. The Morgan fingerprint density at radius 3 is 2.92 bits per heavy atom. The van der Waals surface area contributed by atoms with E-state index in [9.17, 15) is 4.79 Å². The second kappa shape index (κ2) is 4.77. The molecular formula is C9H11NO2S. The highest BCUT2D eigenvalue weighted by atomic mass is 32.2. The van der Waals surface area contributed by atoms with Crippen molar-refractivity contribution in [3.63, 3.8) is 0 Å². The van der Waals surface area contributed by atoms with E-state index in [0.29, 0.717) is 11.4 Å². The number of hydrogen-bond donors (Lipinski definition) is 2. The maximum absolute atomic E-state index is 10.2. The number of carbonyl (C=O) groups is 1. The molecule has 0 radical (unpaired) electrons. The van der Waals surface area contributed by atoms with Crippen LogP contribution in [0.5, 0.6) is 0 Å². The largest absolute Gasteiger partial charge is 0.481 e. The molecule has 1 aromatic carbocycles. The quantitative estimate of drug-likeness (QED) is 0.571. The zero-order valence-corrected chi connectivity index (χ0v) is 7.88. The number of rotatable bonds is 4. The van der Waals surface area contributed by atoms with E-state index in [1.165, 1.54) is 11.8 Å². The molecule has 0 heterocycles. The van der Waals surface area contributed by atoms with Crippen LogP contribution in [0.1, 0.15) is 6.42 Å². The second-order valence-corrected chi connectivity index (χ2v) is 3.73. The van der Waals surface area contributed by atoms with E-state index in [1.54, 1.807) is 6.07 Å². The highest BCUT2D eigenvalue weighted by Gasteiger charge is 1.98. The summed E-state index contributed by atoms with van der Waals surface area (Å²) in [5.41, 5.74) is 6.27. The van der Waals surface area contributed by atoms with Gasteiger partial charge in [0.15, 0.2) is 0 Å². The van der Waals surface area contributed by atoms with Gasteiger partial charge in [-0.1, -0.05) is 6.07 Å². The van der Waals surface area contributed by atoms with Crippen molar-refractivity contribution in [2.75, 3.05) is 11.5 Å². The van der Waals surface area contributed by atoms with Crippen LogP contribution in [0, 0.1) is 0 Å². The van der Waals surface area contributed by atoms with Gasteiger partial charge in [0.1, 0.15) is 0 Å². The van der Waals surface area contributed by atoms with Crippen LogP contribution < -0.4 is 5.73 Å². The number of benzene rings is 1. The number of nitrogen functional groups attached to an aromatic ring is 1. The molecule has 0 atom stereocenters. The molecule has 0 unspecified atom stereocenters. The molecule has 0 aromatic heterocycles. The third-order valence-corrected chi connectivity index (χ3v) is 2.44. The van der Waals surface area contributed by atoms with Crippen LogP contribution in [0.2, 0.25) is 0 Å². The number of carboxylic acids is 1. The third kappa shape index (κ3) is 3.85. The van der Waals surface area contributed by atoms with Crippen molar-refractivity contribution in [3.8, 4) is 0 Å². The molecular weight excluding hydrogens is 186 g/mol. The Balaban J connectivity index is 2.41. The summed E-state index contributed by atoms with van der Waals surface area (Å²) in [7, 11) is 0. The van der Waals surface area contributed by atoms with Crippen LogP contribution in [0.15, 0.2) is 29.2 Å². The van der Waals surface area contributed by atoms with Gasteiger partial charge in [-0.3, -0.25) is 4.79 Å². The number of nitrogens with two attached hydrogens (primary N) is 1. The molecule has 0 aliphatic rings. The number of anilines is 1. The summed E-state index contributed by atoms with van der Waals surface area (Å²) in [6, 6.07) is 7.43. The van der Waals surface area contributed by atoms with E-state index in [2.05, 4.69) is 0 Å². The minimum absolute atomic E-state index is 0.180. The molecule has 3 nitrogen and oxygen atoms in total. The summed E-state index contributed by atoms with van der Waals surface area (Å²) < 4.78 is 0.